The molecule has 2 heteroatoms. The molecule has 0 unspecified atom stereocenters. The van der Waals surface area contributed by atoms with Gasteiger partial charge >= 0.3 is 0 Å². The van der Waals surface area contributed by atoms with Crippen LogP contribution >= 0.6 is 0 Å². The second-order valence-corrected chi connectivity index (χ2v) is 2.72. The summed E-state index contributed by atoms with van der Waals surface area (Å²) in [6, 6.07) is 0. The van der Waals surface area contributed by atoms with Crippen molar-refractivity contribution in [1.82, 2.24) is 10.2 Å². The van der Waals surface area contributed by atoms with Gasteiger partial charge in [0, 0.05) is 20.6 Å². The maximum Gasteiger partial charge on any atom is 0.0179 e. The molecule has 0 saturated heterocycles. The van der Waals surface area contributed by atoms with Crippen molar-refractivity contribution in [1.29, 1.82) is 0 Å². The first-order valence-corrected chi connectivity index (χ1v) is 3.71. The molecule has 0 rings (SSSR count). The molecule has 1 N–H and O–H groups in total. The number of hydrogen-bond donors (Lipinski definition) is 1. The first-order valence-electron chi connectivity index (χ1n) is 3.71. The Labute approximate surface area is 63.9 Å². The minimum absolute atomic E-state index is 0.995. The van der Waals surface area contributed by atoms with Crippen LogP contribution in [0.2, 0.25) is 0 Å². The quantitative estimate of drug-likeness (QED) is 0.631. The topological polar surface area (TPSA) is 15.3 Å². The number of hydrogen-bond acceptors (Lipinski definition) is 2. The fourth-order valence-corrected chi connectivity index (χ4v) is 0.809. The van der Waals surface area contributed by atoms with Gasteiger partial charge < -0.3 is 10.2 Å². The van der Waals surface area contributed by atoms with Crippen LogP contribution in [0, 0.1) is 0 Å². The molecule has 0 spiro atoms. The van der Waals surface area contributed by atoms with Crippen LogP contribution in [-0.4, -0.2) is 32.1 Å². The van der Waals surface area contributed by atoms with Gasteiger partial charge in [-0.15, -0.1) is 0 Å². The Hall–Kier alpha value is -0.500. The molecule has 0 fully saturated rings. The molecule has 0 aliphatic rings. The highest BCUT2D eigenvalue weighted by Crippen LogP contribution is 1.90. The van der Waals surface area contributed by atoms with Gasteiger partial charge in [-0.2, -0.15) is 0 Å². The van der Waals surface area contributed by atoms with E-state index in [4.69, 9.17) is 0 Å². The van der Waals surface area contributed by atoms with Crippen molar-refractivity contribution in [2.75, 3.05) is 27.2 Å². The lowest BCUT2D eigenvalue weighted by atomic mass is 10.3. The van der Waals surface area contributed by atoms with Gasteiger partial charge in [-0.3, -0.25) is 0 Å². The number of rotatable bonds is 4. The van der Waals surface area contributed by atoms with Crippen LogP contribution in [-0.2, 0) is 0 Å². The molecule has 10 heavy (non-hydrogen) atoms. The Morgan fingerprint density at radius 3 is 2.50 bits per heavy atom. The summed E-state index contributed by atoms with van der Waals surface area (Å²) in [5, 5.41) is 3.26. The van der Waals surface area contributed by atoms with Crippen LogP contribution in [0.3, 0.4) is 0 Å². The van der Waals surface area contributed by atoms with Gasteiger partial charge in [0.15, 0.2) is 0 Å². The van der Waals surface area contributed by atoms with Crippen molar-refractivity contribution in [3.63, 3.8) is 0 Å². The molecule has 0 amide bonds. The first kappa shape index (κ1) is 9.50. The van der Waals surface area contributed by atoms with Crippen molar-refractivity contribution in [2.24, 2.45) is 0 Å². The molecule has 0 heterocycles. The molecule has 60 valence electrons. The second kappa shape index (κ2) is 5.30. The van der Waals surface area contributed by atoms with E-state index in [0.717, 1.165) is 13.1 Å². The molecule has 2 nitrogen and oxygen atoms in total. The van der Waals surface area contributed by atoms with Gasteiger partial charge in [0.05, 0.1) is 0 Å². The zero-order chi connectivity index (χ0) is 7.98. The van der Waals surface area contributed by atoms with E-state index >= 15 is 0 Å². The highest BCUT2D eigenvalue weighted by atomic mass is 15.0. The molecule has 0 aliphatic carbocycles. The monoisotopic (exact) mass is 142 g/mol. The van der Waals surface area contributed by atoms with Crippen LogP contribution in [0.1, 0.15) is 13.8 Å². The largest absolute Gasteiger partial charge is 0.383 e. The van der Waals surface area contributed by atoms with Crippen LogP contribution in [0.15, 0.2) is 11.8 Å². The van der Waals surface area contributed by atoms with Gasteiger partial charge in [0.1, 0.15) is 0 Å². The molecular formula is C8H18N2. The maximum absolute atomic E-state index is 3.26. The zero-order valence-corrected chi connectivity index (χ0v) is 7.44. The summed E-state index contributed by atoms with van der Waals surface area (Å²) in [6.07, 6.45) is 2.13. The van der Waals surface area contributed by atoms with E-state index in [1.165, 1.54) is 5.57 Å². The van der Waals surface area contributed by atoms with Gasteiger partial charge in [-0.1, -0.05) is 6.92 Å². The minimum Gasteiger partial charge on any atom is -0.383 e. The average molecular weight is 142 g/mol. The molecule has 0 atom stereocenters. The molecule has 0 saturated carbocycles. The molecule has 0 aliphatic heterocycles. The van der Waals surface area contributed by atoms with E-state index in [-0.39, 0.29) is 0 Å². The average Bonchev–Trinajstić information content (AvgIpc) is 1.82. The number of nitrogens with zero attached hydrogens (tertiary/aromatic N) is 1. The normalized spacial score (nSPS) is 11.8. The summed E-state index contributed by atoms with van der Waals surface area (Å²) in [5.74, 6) is 0. The fraction of sp³-hybridized carbons (Fsp3) is 0.750. The SMILES string of the molecule is CCNC/C(C)=C\N(C)C. The third-order valence-electron chi connectivity index (χ3n) is 1.13. The van der Waals surface area contributed by atoms with Crippen LogP contribution in [0.4, 0.5) is 0 Å². The zero-order valence-electron chi connectivity index (χ0n) is 7.44. The fourth-order valence-electron chi connectivity index (χ4n) is 0.809. The third kappa shape index (κ3) is 5.63. The van der Waals surface area contributed by atoms with E-state index in [2.05, 4.69) is 30.3 Å². The van der Waals surface area contributed by atoms with Gasteiger partial charge in [0.25, 0.3) is 0 Å². The van der Waals surface area contributed by atoms with Gasteiger partial charge in [-0.05, 0) is 25.2 Å². The standard InChI is InChI=1S/C8H18N2/c1-5-9-6-8(2)7-10(3)4/h7,9H,5-6H2,1-4H3/b8-7-. The minimum atomic E-state index is 0.995. The summed E-state index contributed by atoms with van der Waals surface area (Å²) in [7, 11) is 4.07. The summed E-state index contributed by atoms with van der Waals surface area (Å²) < 4.78 is 0. The van der Waals surface area contributed by atoms with Crippen LogP contribution < -0.4 is 5.32 Å². The summed E-state index contributed by atoms with van der Waals surface area (Å²) in [5.41, 5.74) is 1.37. The van der Waals surface area contributed by atoms with Gasteiger partial charge in [0.2, 0.25) is 0 Å². The summed E-state index contributed by atoms with van der Waals surface area (Å²) in [6.45, 7) is 6.28. The molecule has 0 aromatic carbocycles. The summed E-state index contributed by atoms with van der Waals surface area (Å²) in [4.78, 5) is 2.06. The smallest absolute Gasteiger partial charge is 0.0179 e. The Bertz CT molecular complexity index is 106. The molecule has 0 bridgehead atoms. The second-order valence-electron chi connectivity index (χ2n) is 2.72. The lowest BCUT2D eigenvalue weighted by molar-refractivity contribution is 0.554. The Kier molecular flexibility index (Phi) is 5.03. The number of likely N-dealkylation sites (N-methyl/N-ethyl adjacent to an activating group) is 1. The maximum atomic E-state index is 3.26. The van der Waals surface area contributed by atoms with E-state index in [0.29, 0.717) is 0 Å². The highest BCUT2D eigenvalue weighted by Gasteiger charge is 1.86. The van der Waals surface area contributed by atoms with E-state index in [9.17, 15) is 0 Å². The summed E-state index contributed by atoms with van der Waals surface area (Å²) >= 11 is 0. The van der Waals surface area contributed by atoms with E-state index in [1.807, 2.05) is 14.1 Å². The molecule has 0 aromatic rings. The van der Waals surface area contributed by atoms with E-state index < -0.39 is 0 Å². The van der Waals surface area contributed by atoms with Crippen molar-refractivity contribution in [3.8, 4) is 0 Å². The third-order valence-corrected chi connectivity index (χ3v) is 1.13. The van der Waals surface area contributed by atoms with Crippen molar-refractivity contribution >= 4 is 0 Å². The molecule has 0 aromatic heterocycles. The lowest BCUT2D eigenvalue weighted by Crippen LogP contribution is -2.16. The van der Waals surface area contributed by atoms with Crippen molar-refractivity contribution in [2.45, 2.75) is 13.8 Å². The van der Waals surface area contributed by atoms with Crippen molar-refractivity contribution < 1.29 is 0 Å². The lowest BCUT2D eigenvalue weighted by Gasteiger charge is -2.07. The predicted octanol–water partition coefficient (Wildman–Crippen LogP) is 1.06. The van der Waals surface area contributed by atoms with Crippen LogP contribution in [0.25, 0.3) is 0 Å². The molecular weight excluding hydrogens is 124 g/mol. The Balaban J connectivity index is 3.49. The Morgan fingerprint density at radius 2 is 2.10 bits per heavy atom. The van der Waals surface area contributed by atoms with Crippen molar-refractivity contribution in [3.05, 3.63) is 11.8 Å². The first-order chi connectivity index (χ1) is 4.66. The van der Waals surface area contributed by atoms with E-state index in [1.54, 1.807) is 0 Å². The predicted molar refractivity (Wildman–Crippen MR) is 46.0 cm³/mol. The molecule has 0 radical (unpaired) electrons. The highest BCUT2D eigenvalue weighted by molar-refractivity contribution is 4.98. The van der Waals surface area contributed by atoms with Gasteiger partial charge in [-0.25, -0.2) is 0 Å². The Morgan fingerprint density at radius 1 is 1.50 bits per heavy atom. The number of nitrogens with one attached hydrogen (secondary N) is 1. The van der Waals surface area contributed by atoms with Crippen LogP contribution in [0.5, 0.6) is 0 Å².